The van der Waals surface area contributed by atoms with E-state index in [-0.39, 0.29) is 23.8 Å². The molecule has 1 saturated heterocycles. The van der Waals surface area contributed by atoms with E-state index in [1.807, 2.05) is 29.6 Å². The summed E-state index contributed by atoms with van der Waals surface area (Å²) in [6.07, 6.45) is 4.46. The predicted molar refractivity (Wildman–Crippen MR) is 88.6 cm³/mol. The number of nitrogens with zero attached hydrogens (tertiary/aromatic N) is 2. The summed E-state index contributed by atoms with van der Waals surface area (Å²) >= 11 is 1.59. The van der Waals surface area contributed by atoms with E-state index >= 15 is 0 Å². The molecule has 23 heavy (non-hydrogen) atoms. The fourth-order valence-electron chi connectivity index (χ4n) is 2.98. The number of hydrogen-bond acceptors (Lipinski definition) is 4. The Morgan fingerprint density at radius 3 is 3.00 bits per heavy atom. The highest BCUT2D eigenvalue weighted by atomic mass is 32.1. The van der Waals surface area contributed by atoms with Crippen molar-refractivity contribution in [1.82, 2.24) is 15.2 Å². The molecule has 0 aliphatic carbocycles. The number of hydrogen-bond donors (Lipinski definition) is 1. The molecule has 0 saturated carbocycles. The predicted octanol–water partition coefficient (Wildman–Crippen LogP) is 2.37. The van der Waals surface area contributed by atoms with Crippen LogP contribution in [0.1, 0.15) is 29.3 Å². The molecule has 2 atom stereocenters. The minimum atomic E-state index is -0.215. The maximum Gasteiger partial charge on any atom is 0.225 e. The summed E-state index contributed by atoms with van der Waals surface area (Å²) in [6, 6.07) is 7.55. The van der Waals surface area contributed by atoms with Crippen LogP contribution in [-0.2, 0) is 16.1 Å². The summed E-state index contributed by atoms with van der Waals surface area (Å²) in [5.74, 6) is -0.126. The summed E-state index contributed by atoms with van der Waals surface area (Å²) < 4.78 is 0. The fourth-order valence-corrected chi connectivity index (χ4v) is 3.92. The second kappa shape index (κ2) is 6.91. The molecule has 2 aromatic rings. The van der Waals surface area contributed by atoms with Gasteiger partial charge in [-0.3, -0.25) is 14.6 Å². The Labute approximate surface area is 139 Å². The van der Waals surface area contributed by atoms with Crippen molar-refractivity contribution >= 4 is 23.2 Å². The lowest BCUT2D eigenvalue weighted by atomic mass is 9.87. The summed E-state index contributed by atoms with van der Waals surface area (Å²) in [4.78, 5) is 31.5. The highest BCUT2D eigenvalue weighted by Crippen LogP contribution is 2.37. The third-order valence-electron chi connectivity index (χ3n) is 4.22. The first-order chi connectivity index (χ1) is 11.2. The normalized spacial score (nSPS) is 21.3. The van der Waals surface area contributed by atoms with Gasteiger partial charge in [-0.2, -0.15) is 0 Å². The minimum absolute atomic E-state index is 0.00777. The second-order valence-electron chi connectivity index (χ2n) is 5.69. The van der Waals surface area contributed by atoms with Gasteiger partial charge in [0.15, 0.2) is 0 Å². The van der Waals surface area contributed by atoms with Gasteiger partial charge in [-0.25, -0.2) is 0 Å². The molecule has 0 aromatic carbocycles. The van der Waals surface area contributed by atoms with Crippen molar-refractivity contribution in [1.29, 1.82) is 0 Å². The Balaban J connectivity index is 1.73. The first kappa shape index (κ1) is 15.7. The van der Waals surface area contributed by atoms with E-state index in [9.17, 15) is 9.59 Å². The molecular formula is C17H19N3O2S. The average Bonchev–Trinajstić information content (AvgIpc) is 3.10. The standard InChI is InChI=1S/C17H19N3O2S/c1-20-15(21)7-6-13(16(20)14-5-3-9-23-14)17(22)19-11-12-4-2-8-18-10-12/h2-5,8-10,13,16H,6-7,11H2,1H3,(H,19,22)/t13-,16+/m0/s1. The first-order valence-corrected chi connectivity index (χ1v) is 8.50. The smallest absolute Gasteiger partial charge is 0.225 e. The van der Waals surface area contributed by atoms with E-state index in [0.717, 1.165) is 10.4 Å². The number of thiophene rings is 1. The quantitative estimate of drug-likeness (QED) is 0.937. The van der Waals surface area contributed by atoms with Crippen LogP contribution in [0.15, 0.2) is 42.0 Å². The van der Waals surface area contributed by atoms with Crippen LogP contribution in [-0.4, -0.2) is 28.7 Å². The molecule has 0 radical (unpaired) electrons. The van der Waals surface area contributed by atoms with Gasteiger partial charge in [-0.15, -0.1) is 11.3 Å². The number of amides is 2. The topological polar surface area (TPSA) is 62.3 Å². The molecule has 0 spiro atoms. The maximum absolute atomic E-state index is 12.7. The molecule has 1 fully saturated rings. The van der Waals surface area contributed by atoms with Gasteiger partial charge in [-0.1, -0.05) is 12.1 Å². The van der Waals surface area contributed by atoms with Gasteiger partial charge >= 0.3 is 0 Å². The zero-order chi connectivity index (χ0) is 16.2. The van der Waals surface area contributed by atoms with Crippen molar-refractivity contribution in [3.63, 3.8) is 0 Å². The Morgan fingerprint density at radius 2 is 2.30 bits per heavy atom. The highest BCUT2D eigenvalue weighted by molar-refractivity contribution is 7.10. The van der Waals surface area contributed by atoms with Crippen molar-refractivity contribution in [2.45, 2.75) is 25.4 Å². The van der Waals surface area contributed by atoms with Gasteiger partial charge in [-0.05, 0) is 29.5 Å². The zero-order valence-electron chi connectivity index (χ0n) is 12.9. The third kappa shape index (κ3) is 3.42. The van der Waals surface area contributed by atoms with E-state index in [1.165, 1.54) is 0 Å². The Hall–Kier alpha value is -2.21. The Morgan fingerprint density at radius 1 is 1.43 bits per heavy atom. The first-order valence-electron chi connectivity index (χ1n) is 7.62. The van der Waals surface area contributed by atoms with Crippen molar-refractivity contribution in [3.05, 3.63) is 52.5 Å². The summed E-state index contributed by atoms with van der Waals surface area (Å²) in [6.45, 7) is 0.456. The molecule has 5 nitrogen and oxygen atoms in total. The van der Waals surface area contributed by atoms with Gasteiger partial charge in [0.25, 0.3) is 0 Å². The largest absolute Gasteiger partial charge is 0.352 e. The van der Waals surface area contributed by atoms with Crippen LogP contribution in [0.25, 0.3) is 0 Å². The number of pyridine rings is 1. The number of piperidine rings is 1. The number of carbonyl (C=O) groups is 2. The number of likely N-dealkylation sites (tertiary alicyclic amines) is 1. The van der Waals surface area contributed by atoms with Crippen LogP contribution in [0.3, 0.4) is 0 Å². The van der Waals surface area contributed by atoms with E-state index in [0.29, 0.717) is 19.4 Å². The van der Waals surface area contributed by atoms with E-state index in [2.05, 4.69) is 10.3 Å². The second-order valence-corrected chi connectivity index (χ2v) is 6.67. The van der Waals surface area contributed by atoms with Crippen LogP contribution in [0.5, 0.6) is 0 Å². The van der Waals surface area contributed by atoms with Crippen molar-refractivity contribution in [2.24, 2.45) is 5.92 Å². The molecule has 0 unspecified atom stereocenters. The molecule has 1 aliphatic rings. The molecule has 1 N–H and O–H groups in total. The van der Waals surface area contributed by atoms with Gasteiger partial charge in [0, 0.05) is 37.3 Å². The van der Waals surface area contributed by atoms with E-state index in [4.69, 9.17) is 0 Å². The van der Waals surface area contributed by atoms with Crippen molar-refractivity contribution in [3.8, 4) is 0 Å². The minimum Gasteiger partial charge on any atom is -0.352 e. The molecular weight excluding hydrogens is 310 g/mol. The van der Waals surface area contributed by atoms with Crippen LogP contribution in [0.4, 0.5) is 0 Å². The van der Waals surface area contributed by atoms with Gasteiger partial charge in [0.1, 0.15) is 0 Å². The lowest BCUT2D eigenvalue weighted by molar-refractivity contribution is -0.141. The molecule has 3 rings (SSSR count). The number of carbonyl (C=O) groups excluding carboxylic acids is 2. The van der Waals surface area contributed by atoms with Gasteiger partial charge in [0.05, 0.1) is 12.0 Å². The molecule has 2 amide bonds. The summed E-state index contributed by atoms with van der Waals surface area (Å²) in [7, 11) is 1.78. The lowest BCUT2D eigenvalue weighted by Gasteiger charge is -2.37. The summed E-state index contributed by atoms with van der Waals surface area (Å²) in [5, 5.41) is 4.96. The number of nitrogens with one attached hydrogen (secondary N) is 1. The highest BCUT2D eigenvalue weighted by Gasteiger charge is 2.39. The fraction of sp³-hybridized carbons (Fsp3) is 0.353. The molecule has 0 bridgehead atoms. The van der Waals surface area contributed by atoms with E-state index in [1.54, 1.807) is 35.7 Å². The molecule has 3 heterocycles. The average molecular weight is 329 g/mol. The van der Waals surface area contributed by atoms with Crippen LogP contribution in [0.2, 0.25) is 0 Å². The number of rotatable bonds is 4. The molecule has 1 aliphatic heterocycles. The van der Waals surface area contributed by atoms with Gasteiger partial charge in [0.2, 0.25) is 11.8 Å². The van der Waals surface area contributed by atoms with Crippen LogP contribution >= 0.6 is 11.3 Å². The summed E-state index contributed by atoms with van der Waals surface area (Å²) in [5.41, 5.74) is 0.966. The van der Waals surface area contributed by atoms with Crippen LogP contribution in [0, 0.1) is 5.92 Å². The zero-order valence-corrected chi connectivity index (χ0v) is 13.8. The van der Waals surface area contributed by atoms with Crippen LogP contribution < -0.4 is 5.32 Å². The number of aromatic nitrogens is 1. The Bertz CT molecular complexity index is 672. The molecule has 120 valence electrons. The Kier molecular flexibility index (Phi) is 4.71. The lowest BCUT2D eigenvalue weighted by Crippen LogP contribution is -2.45. The van der Waals surface area contributed by atoms with E-state index < -0.39 is 0 Å². The molecule has 6 heteroatoms. The molecule has 2 aromatic heterocycles. The maximum atomic E-state index is 12.7. The van der Waals surface area contributed by atoms with Gasteiger partial charge < -0.3 is 10.2 Å². The SMILES string of the molecule is CN1C(=O)CC[C@H](C(=O)NCc2cccnc2)[C@@H]1c1cccs1. The van der Waals surface area contributed by atoms with Crippen molar-refractivity contribution in [2.75, 3.05) is 7.05 Å². The third-order valence-corrected chi connectivity index (χ3v) is 5.16. The van der Waals surface area contributed by atoms with Crippen molar-refractivity contribution < 1.29 is 9.59 Å². The monoisotopic (exact) mass is 329 g/mol.